The zero-order chi connectivity index (χ0) is 13.0. The molecule has 94 valence electrons. The first-order valence-corrected chi connectivity index (χ1v) is 5.20. The summed E-state index contributed by atoms with van der Waals surface area (Å²) in [6, 6.07) is 1.60. The Morgan fingerprint density at radius 1 is 1.65 bits per heavy atom. The Morgan fingerprint density at radius 2 is 2.29 bits per heavy atom. The summed E-state index contributed by atoms with van der Waals surface area (Å²) in [5.74, 6) is -0.697. The van der Waals surface area contributed by atoms with E-state index >= 15 is 0 Å². The van der Waals surface area contributed by atoms with Crippen molar-refractivity contribution >= 4 is 17.3 Å². The van der Waals surface area contributed by atoms with E-state index in [0.717, 1.165) is 12.1 Å². The number of nitro groups is 1. The number of methoxy groups -OCH3 is 1. The van der Waals surface area contributed by atoms with Crippen LogP contribution in [0, 0.1) is 15.9 Å². The van der Waals surface area contributed by atoms with E-state index in [1.807, 2.05) is 0 Å². The fourth-order valence-electron chi connectivity index (χ4n) is 1.47. The molecular weight excluding hydrogens is 251 g/mol. The molecule has 1 rings (SSSR count). The Bertz CT molecular complexity index is 428. The van der Waals surface area contributed by atoms with E-state index in [1.165, 1.54) is 7.11 Å². The lowest BCUT2D eigenvalue weighted by Crippen LogP contribution is -2.28. The van der Waals surface area contributed by atoms with Gasteiger partial charge in [-0.2, -0.15) is 0 Å². The van der Waals surface area contributed by atoms with Crippen molar-refractivity contribution in [2.45, 2.75) is 12.5 Å². The molecule has 0 amide bonds. The minimum atomic E-state index is -0.697. The largest absolute Gasteiger partial charge is 0.383 e. The zero-order valence-corrected chi connectivity index (χ0v) is 9.91. The molecule has 2 N–H and O–H groups in total. The molecule has 1 unspecified atom stereocenters. The number of benzene rings is 1. The molecule has 0 fully saturated rings. The van der Waals surface area contributed by atoms with Crippen LogP contribution in [0.15, 0.2) is 12.1 Å². The van der Waals surface area contributed by atoms with Gasteiger partial charge in [0.2, 0.25) is 0 Å². The van der Waals surface area contributed by atoms with Gasteiger partial charge in [-0.1, -0.05) is 11.6 Å². The third-order valence-electron chi connectivity index (χ3n) is 2.18. The summed E-state index contributed by atoms with van der Waals surface area (Å²) in [4.78, 5) is 10.2. The number of nitrogens with two attached hydrogens (primary N) is 1. The van der Waals surface area contributed by atoms with Crippen molar-refractivity contribution in [1.29, 1.82) is 0 Å². The van der Waals surface area contributed by atoms with Crippen LogP contribution < -0.4 is 5.73 Å². The molecular formula is C10H12ClFN2O3. The topological polar surface area (TPSA) is 78.4 Å². The fourth-order valence-corrected chi connectivity index (χ4v) is 1.62. The number of rotatable bonds is 5. The van der Waals surface area contributed by atoms with Crippen molar-refractivity contribution in [3.8, 4) is 0 Å². The minimum absolute atomic E-state index is 0.151. The molecule has 17 heavy (non-hydrogen) atoms. The summed E-state index contributed by atoms with van der Waals surface area (Å²) in [5, 5.41) is 10.5. The maximum Gasteiger partial charge on any atom is 0.274 e. The summed E-state index contributed by atoms with van der Waals surface area (Å²) in [5.41, 5.74) is 5.65. The predicted octanol–water partition coefficient (Wildman–Crippen LogP) is 1.90. The van der Waals surface area contributed by atoms with E-state index in [0.29, 0.717) is 0 Å². The lowest BCUT2D eigenvalue weighted by atomic mass is 10.0. The van der Waals surface area contributed by atoms with Gasteiger partial charge in [0.25, 0.3) is 5.69 Å². The molecule has 0 aliphatic carbocycles. The molecule has 7 heteroatoms. The summed E-state index contributed by atoms with van der Waals surface area (Å²) in [6.45, 7) is 0.237. The standard InChI is InChI=1S/C10H12ClFN2O3/c1-17-5-7(13)2-6-3-9(12)8(11)4-10(6)14(15)16/h3-4,7H,2,5,13H2,1H3. The SMILES string of the molecule is COCC(N)Cc1cc(F)c(Cl)cc1[N+](=O)[O-]. The Hall–Kier alpha value is -1.24. The van der Waals surface area contributed by atoms with Gasteiger partial charge in [0.05, 0.1) is 16.6 Å². The van der Waals surface area contributed by atoms with E-state index in [4.69, 9.17) is 22.1 Å². The maximum absolute atomic E-state index is 13.2. The quantitative estimate of drug-likeness (QED) is 0.649. The van der Waals surface area contributed by atoms with Crippen molar-refractivity contribution in [2.75, 3.05) is 13.7 Å². The van der Waals surface area contributed by atoms with Gasteiger partial charge in [0.1, 0.15) is 5.82 Å². The highest BCUT2D eigenvalue weighted by atomic mass is 35.5. The number of ether oxygens (including phenoxy) is 1. The number of nitrogens with zero attached hydrogens (tertiary/aromatic N) is 1. The van der Waals surface area contributed by atoms with Crippen molar-refractivity contribution in [3.05, 3.63) is 38.7 Å². The van der Waals surface area contributed by atoms with Crippen LogP contribution in [0.5, 0.6) is 0 Å². The molecule has 1 aromatic rings. The van der Waals surface area contributed by atoms with Crippen LogP contribution in [-0.4, -0.2) is 24.7 Å². The third-order valence-corrected chi connectivity index (χ3v) is 2.47. The van der Waals surface area contributed by atoms with Crippen molar-refractivity contribution < 1.29 is 14.1 Å². The predicted molar refractivity (Wildman–Crippen MR) is 61.6 cm³/mol. The lowest BCUT2D eigenvalue weighted by Gasteiger charge is -2.11. The van der Waals surface area contributed by atoms with Crippen LogP contribution in [-0.2, 0) is 11.2 Å². The van der Waals surface area contributed by atoms with E-state index < -0.39 is 16.8 Å². The molecule has 0 saturated heterocycles. The molecule has 1 atom stereocenters. The molecule has 0 saturated carbocycles. The van der Waals surface area contributed by atoms with E-state index in [9.17, 15) is 14.5 Å². The van der Waals surface area contributed by atoms with Crippen LogP contribution in [0.1, 0.15) is 5.56 Å². The summed E-state index contributed by atoms with van der Waals surface area (Å²) >= 11 is 5.49. The molecule has 0 bridgehead atoms. The van der Waals surface area contributed by atoms with Crippen molar-refractivity contribution in [3.63, 3.8) is 0 Å². The van der Waals surface area contributed by atoms with Gasteiger partial charge in [-0.15, -0.1) is 0 Å². The molecule has 0 heterocycles. The number of hydrogen-bond donors (Lipinski definition) is 1. The molecule has 0 aliphatic rings. The van der Waals surface area contributed by atoms with Crippen LogP contribution in [0.3, 0.4) is 0 Å². The van der Waals surface area contributed by atoms with Gasteiger partial charge in [-0.25, -0.2) is 4.39 Å². The Kier molecular flexibility index (Phi) is 4.80. The molecule has 0 aromatic heterocycles. The second-order valence-electron chi connectivity index (χ2n) is 3.57. The average Bonchev–Trinajstić information content (AvgIpc) is 2.23. The average molecular weight is 263 g/mol. The summed E-state index contributed by atoms with van der Waals surface area (Å²) in [7, 11) is 1.47. The molecule has 0 spiro atoms. The number of halogens is 2. The van der Waals surface area contributed by atoms with Crippen LogP contribution in [0.25, 0.3) is 0 Å². The van der Waals surface area contributed by atoms with Crippen molar-refractivity contribution in [1.82, 2.24) is 0 Å². The second-order valence-corrected chi connectivity index (χ2v) is 3.98. The summed E-state index contributed by atoms with van der Waals surface area (Å²) < 4.78 is 18.0. The highest BCUT2D eigenvalue weighted by molar-refractivity contribution is 6.31. The molecule has 0 radical (unpaired) electrons. The van der Waals surface area contributed by atoms with Gasteiger partial charge in [0.15, 0.2) is 0 Å². The highest BCUT2D eigenvalue weighted by Gasteiger charge is 2.19. The molecule has 0 aliphatic heterocycles. The van der Waals surface area contributed by atoms with Crippen LogP contribution in [0.2, 0.25) is 5.02 Å². The van der Waals surface area contributed by atoms with E-state index in [2.05, 4.69) is 0 Å². The van der Waals surface area contributed by atoms with Crippen LogP contribution >= 0.6 is 11.6 Å². The number of hydrogen-bond acceptors (Lipinski definition) is 4. The first-order valence-electron chi connectivity index (χ1n) is 4.82. The Labute approximate surface area is 102 Å². The van der Waals surface area contributed by atoms with Crippen LogP contribution in [0.4, 0.5) is 10.1 Å². The van der Waals surface area contributed by atoms with Crippen molar-refractivity contribution in [2.24, 2.45) is 5.73 Å². The smallest absolute Gasteiger partial charge is 0.274 e. The second kappa shape index (κ2) is 5.90. The lowest BCUT2D eigenvalue weighted by molar-refractivity contribution is -0.385. The van der Waals surface area contributed by atoms with Gasteiger partial charge in [0, 0.05) is 24.8 Å². The fraction of sp³-hybridized carbons (Fsp3) is 0.400. The first-order chi connectivity index (χ1) is 7.95. The molecule has 1 aromatic carbocycles. The normalized spacial score (nSPS) is 12.5. The third kappa shape index (κ3) is 3.62. The van der Waals surface area contributed by atoms with Gasteiger partial charge in [-0.05, 0) is 12.5 Å². The summed E-state index contributed by atoms with van der Waals surface area (Å²) in [6.07, 6.45) is 0.151. The first kappa shape index (κ1) is 13.8. The Morgan fingerprint density at radius 3 is 2.82 bits per heavy atom. The molecule has 5 nitrogen and oxygen atoms in total. The maximum atomic E-state index is 13.2. The highest BCUT2D eigenvalue weighted by Crippen LogP contribution is 2.26. The monoisotopic (exact) mass is 262 g/mol. The number of nitro benzene ring substituents is 1. The zero-order valence-electron chi connectivity index (χ0n) is 9.15. The van der Waals surface area contributed by atoms with Gasteiger partial charge >= 0.3 is 0 Å². The van der Waals surface area contributed by atoms with E-state index in [1.54, 1.807) is 0 Å². The van der Waals surface area contributed by atoms with Gasteiger partial charge < -0.3 is 10.5 Å². The van der Waals surface area contributed by atoms with E-state index in [-0.39, 0.29) is 29.3 Å². The van der Waals surface area contributed by atoms with Gasteiger partial charge in [-0.3, -0.25) is 10.1 Å². The Balaban J connectivity index is 3.04. The minimum Gasteiger partial charge on any atom is -0.383 e.